The van der Waals surface area contributed by atoms with E-state index in [4.69, 9.17) is 0 Å². The highest BCUT2D eigenvalue weighted by atomic mass is 19.3. The fraction of sp³-hybridized carbons (Fsp3) is 0.571. The molecule has 1 fully saturated rings. The molecule has 3 unspecified atom stereocenters. The van der Waals surface area contributed by atoms with Crippen LogP contribution in [-0.4, -0.2) is 34.5 Å². The molecule has 4 nitrogen and oxygen atoms in total. The van der Waals surface area contributed by atoms with Crippen LogP contribution >= 0.6 is 0 Å². The van der Waals surface area contributed by atoms with Crippen LogP contribution in [0.5, 0.6) is 0 Å². The number of benzene rings is 1. The van der Waals surface area contributed by atoms with Crippen LogP contribution in [0, 0.1) is 11.8 Å². The summed E-state index contributed by atoms with van der Waals surface area (Å²) in [6.07, 6.45) is -1.24. The number of aliphatic hydroxyl groups excluding tert-OH is 1. The lowest BCUT2D eigenvalue weighted by Gasteiger charge is -2.21. The van der Waals surface area contributed by atoms with Gasteiger partial charge in [0.25, 0.3) is 0 Å². The van der Waals surface area contributed by atoms with E-state index in [1.165, 1.54) is 0 Å². The highest BCUT2D eigenvalue weighted by Crippen LogP contribution is 2.37. The first-order chi connectivity index (χ1) is 12.8. The SMILES string of the molecule is CCCCC(F)(F)C(=O)CCC1C(O)CC(=O)C1CC(=O)c1ccccc1. The minimum Gasteiger partial charge on any atom is -0.392 e. The average molecular weight is 380 g/mol. The second kappa shape index (κ2) is 9.31. The molecule has 0 spiro atoms. The van der Waals surface area contributed by atoms with Gasteiger partial charge in [0.2, 0.25) is 5.78 Å². The first kappa shape index (κ1) is 21.4. The third-order valence-corrected chi connectivity index (χ3v) is 5.29. The Morgan fingerprint density at radius 2 is 1.89 bits per heavy atom. The number of halogens is 2. The van der Waals surface area contributed by atoms with Gasteiger partial charge in [-0.1, -0.05) is 43.7 Å². The number of Topliss-reactive ketones (excluding diaryl/α,β-unsaturated/α-hetero) is 3. The summed E-state index contributed by atoms with van der Waals surface area (Å²) in [5.41, 5.74) is 0.465. The summed E-state index contributed by atoms with van der Waals surface area (Å²) in [7, 11) is 0. The smallest absolute Gasteiger partial charge is 0.305 e. The first-order valence-electron chi connectivity index (χ1n) is 9.46. The van der Waals surface area contributed by atoms with E-state index >= 15 is 0 Å². The van der Waals surface area contributed by atoms with E-state index in [1.807, 2.05) is 0 Å². The van der Waals surface area contributed by atoms with Crippen molar-refractivity contribution in [1.29, 1.82) is 0 Å². The van der Waals surface area contributed by atoms with Crippen molar-refractivity contribution in [2.75, 3.05) is 0 Å². The molecule has 1 aromatic carbocycles. The third kappa shape index (κ3) is 5.51. The van der Waals surface area contributed by atoms with Gasteiger partial charge in [0.15, 0.2) is 5.78 Å². The number of hydrogen-bond donors (Lipinski definition) is 1. The highest BCUT2D eigenvalue weighted by Gasteiger charge is 2.44. The van der Waals surface area contributed by atoms with Gasteiger partial charge in [0.05, 0.1) is 6.10 Å². The molecule has 6 heteroatoms. The van der Waals surface area contributed by atoms with Gasteiger partial charge in [-0.15, -0.1) is 0 Å². The van der Waals surface area contributed by atoms with Crippen molar-refractivity contribution in [2.45, 2.75) is 63.9 Å². The van der Waals surface area contributed by atoms with Gasteiger partial charge in [-0.25, -0.2) is 0 Å². The molecule has 0 amide bonds. The maximum Gasteiger partial charge on any atom is 0.305 e. The molecule has 0 heterocycles. The van der Waals surface area contributed by atoms with Gasteiger partial charge in [-0.3, -0.25) is 14.4 Å². The lowest BCUT2D eigenvalue weighted by molar-refractivity contribution is -0.144. The summed E-state index contributed by atoms with van der Waals surface area (Å²) >= 11 is 0. The van der Waals surface area contributed by atoms with Crippen molar-refractivity contribution in [3.63, 3.8) is 0 Å². The van der Waals surface area contributed by atoms with Crippen LogP contribution in [0.15, 0.2) is 30.3 Å². The summed E-state index contributed by atoms with van der Waals surface area (Å²) < 4.78 is 27.7. The van der Waals surface area contributed by atoms with E-state index in [1.54, 1.807) is 37.3 Å². The Bertz CT molecular complexity index is 672. The van der Waals surface area contributed by atoms with Crippen molar-refractivity contribution in [3.05, 3.63) is 35.9 Å². The number of carbonyl (C=O) groups is 3. The van der Waals surface area contributed by atoms with Crippen LogP contribution in [0.25, 0.3) is 0 Å². The summed E-state index contributed by atoms with van der Waals surface area (Å²) in [4.78, 5) is 36.5. The van der Waals surface area contributed by atoms with Crippen LogP contribution in [0.3, 0.4) is 0 Å². The Morgan fingerprint density at radius 3 is 2.52 bits per heavy atom. The molecule has 148 valence electrons. The zero-order valence-electron chi connectivity index (χ0n) is 15.5. The Kier molecular flexibility index (Phi) is 7.36. The van der Waals surface area contributed by atoms with E-state index in [9.17, 15) is 28.3 Å². The standard InChI is InChI=1S/C21H26F2O4/c1-2-3-11-21(22,23)20(27)10-9-15-16(19(26)13-18(15)25)12-17(24)14-7-5-4-6-8-14/h4-8,15-16,18,25H,2-3,9-13H2,1H3. The number of rotatable bonds is 10. The highest BCUT2D eigenvalue weighted by molar-refractivity contribution is 5.99. The monoisotopic (exact) mass is 380 g/mol. The van der Waals surface area contributed by atoms with Crippen molar-refractivity contribution < 1.29 is 28.3 Å². The minimum atomic E-state index is -3.38. The van der Waals surface area contributed by atoms with Crippen molar-refractivity contribution >= 4 is 17.3 Å². The molecule has 1 aliphatic carbocycles. The molecule has 0 aromatic heterocycles. The minimum absolute atomic E-state index is 0.0137. The first-order valence-corrected chi connectivity index (χ1v) is 9.46. The van der Waals surface area contributed by atoms with Gasteiger partial charge >= 0.3 is 5.92 Å². The normalized spacial score (nSPS) is 22.8. The average Bonchev–Trinajstić information content (AvgIpc) is 2.91. The number of alkyl halides is 2. The van der Waals surface area contributed by atoms with E-state index in [2.05, 4.69) is 0 Å². The van der Waals surface area contributed by atoms with Crippen LogP contribution in [0.2, 0.25) is 0 Å². The molecule has 0 saturated heterocycles. The fourth-order valence-corrected chi connectivity index (χ4v) is 3.64. The van der Waals surface area contributed by atoms with Crippen LogP contribution in [-0.2, 0) is 9.59 Å². The van der Waals surface area contributed by atoms with Crippen LogP contribution < -0.4 is 0 Å². The number of unbranched alkanes of at least 4 members (excludes halogenated alkanes) is 1. The van der Waals surface area contributed by atoms with Crippen LogP contribution in [0.4, 0.5) is 8.78 Å². The van der Waals surface area contributed by atoms with Gasteiger partial charge in [-0.2, -0.15) is 8.78 Å². The van der Waals surface area contributed by atoms with Gasteiger partial charge in [0, 0.05) is 37.2 Å². The van der Waals surface area contributed by atoms with Gasteiger partial charge in [0.1, 0.15) is 5.78 Å². The predicted octanol–water partition coefficient (Wildman–Crippen LogP) is 4.00. The van der Waals surface area contributed by atoms with Crippen LogP contribution in [0.1, 0.15) is 62.2 Å². The third-order valence-electron chi connectivity index (χ3n) is 5.29. The second-order valence-corrected chi connectivity index (χ2v) is 7.27. The molecule has 1 N–H and O–H groups in total. The van der Waals surface area contributed by atoms with Crippen molar-refractivity contribution in [3.8, 4) is 0 Å². The molecule has 0 aliphatic heterocycles. The number of carbonyl (C=O) groups excluding carboxylic acids is 3. The Hall–Kier alpha value is -1.95. The lowest BCUT2D eigenvalue weighted by Crippen LogP contribution is -2.30. The van der Waals surface area contributed by atoms with Crippen molar-refractivity contribution in [1.82, 2.24) is 0 Å². The topological polar surface area (TPSA) is 71.4 Å². The quantitative estimate of drug-likeness (QED) is 0.623. The van der Waals surface area contributed by atoms with E-state index in [0.717, 1.165) is 0 Å². The Morgan fingerprint density at radius 1 is 1.22 bits per heavy atom. The molecule has 1 aromatic rings. The Labute approximate surface area is 158 Å². The molecular formula is C21H26F2O4. The summed E-state index contributed by atoms with van der Waals surface area (Å²) in [6, 6.07) is 8.49. The molecule has 1 saturated carbocycles. The lowest BCUT2D eigenvalue weighted by atomic mass is 9.84. The second-order valence-electron chi connectivity index (χ2n) is 7.27. The van der Waals surface area contributed by atoms with Crippen molar-refractivity contribution in [2.24, 2.45) is 11.8 Å². The van der Waals surface area contributed by atoms with E-state index in [-0.39, 0.29) is 37.2 Å². The molecule has 0 radical (unpaired) electrons. The molecule has 1 aliphatic rings. The van der Waals surface area contributed by atoms with Gasteiger partial charge in [-0.05, 0) is 18.8 Å². The fourth-order valence-electron chi connectivity index (χ4n) is 3.64. The molecule has 2 rings (SSSR count). The van der Waals surface area contributed by atoms with Gasteiger partial charge < -0.3 is 5.11 Å². The predicted molar refractivity (Wildman–Crippen MR) is 96.7 cm³/mol. The Balaban J connectivity index is 2.00. The zero-order chi connectivity index (χ0) is 20.0. The summed E-state index contributed by atoms with van der Waals surface area (Å²) in [5.74, 6) is -6.38. The molecule has 3 atom stereocenters. The number of aliphatic hydroxyl groups is 1. The van der Waals surface area contributed by atoms with E-state index < -0.39 is 42.5 Å². The zero-order valence-corrected chi connectivity index (χ0v) is 15.5. The maximum absolute atomic E-state index is 13.8. The summed E-state index contributed by atoms with van der Waals surface area (Å²) in [5, 5.41) is 10.1. The molecular weight excluding hydrogens is 354 g/mol. The maximum atomic E-state index is 13.8. The van der Waals surface area contributed by atoms with E-state index in [0.29, 0.717) is 12.0 Å². The molecule has 0 bridgehead atoms. The number of ketones is 3. The molecule has 27 heavy (non-hydrogen) atoms. The largest absolute Gasteiger partial charge is 0.392 e. The number of hydrogen-bond acceptors (Lipinski definition) is 4. The summed E-state index contributed by atoms with van der Waals surface area (Å²) in [6.45, 7) is 1.77.